The zero-order valence-corrected chi connectivity index (χ0v) is 12.8. The second-order valence-electron chi connectivity index (χ2n) is 4.65. The number of nitro benzene ring substituents is 1. The van der Waals surface area contributed by atoms with Crippen molar-refractivity contribution in [1.82, 2.24) is 5.32 Å². The van der Waals surface area contributed by atoms with Crippen LogP contribution in [0.5, 0.6) is 5.75 Å². The van der Waals surface area contributed by atoms with Crippen molar-refractivity contribution in [3.63, 3.8) is 0 Å². The molecule has 0 saturated carbocycles. The standard InChI is InChI=1S/C15H24N2O4/c1-3-5-8-20-9-10-21-15-7-6-13(12-16-4-2)11-14(15)17(18)19/h6-7,11,16H,3-5,8-10,12H2,1-2H3. The third-order valence-electron chi connectivity index (χ3n) is 2.93. The van der Waals surface area contributed by atoms with Crippen LogP contribution < -0.4 is 10.1 Å². The first-order valence-electron chi connectivity index (χ1n) is 7.37. The predicted octanol–water partition coefficient (Wildman–Crippen LogP) is 2.90. The van der Waals surface area contributed by atoms with Gasteiger partial charge in [0.1, 0.15) is 6.61 Å². The number of nitrogens with zero attached hydrogens (tertiary/aromatic N) is 1. The zero-order valence-electron chi connectivity index (χ0n) is 12.8. The van der Waals surface area contributed by atoms with E-state index in [4.69, 9.17) is 9.47 Å². The zero-order chi connectivity index (χ0) is 15.5. The molecule has 0 aliphatic heterocycles. The van der Waals surface area contributed by atoms with Gasteiger partial charge in [0.05, 0.1) is 11.5 Å². The van der Waals surface area contributed by atoms with E-state index >= 15 is 0 Å². The molecule has 118 valence electrons. The lowest BCUT2D eigenvalue weighted by Gasteiger charge is -2.09. The van der Waals surface area contributed by atoms with E-state index < -0.39 is 4.92 Å². The molecule has 0 fully saturated rings. The van der Waals surface area contributed by atoms with Crippen LogP contribution in [0.4, 0.5) is 5.69 Å². The van der Waals surface area contributed by atoms with Crippen molar-refractivity contribution in [1.29, 1.82) is 0 Å². The SMILES string of the molecule is CCCCOCCOc1ccc(CNCC)cc1[N+](=O)[O-]. The molecule has 0 amide bonds. The van der Waals surface area contributed by atoms with Gasteiger partial charge in [-0.15, -0.1) is 0 Å². The van der Waals surface area contributed by atoms with Crippen LogP contribution in [0, 0.1) is 10.1 Å². The quantitative estimate of drug-likeness (QED) is 0.386. The number of unbranched alkanes of at least 4 members (excludes halogenated alkanes) is 1. The smallest absolute Gasteiger partial charge is 0.311 e. The first kappa shape index (κ1) is 17.4. The minimum absolute atomic E-state index is 0.000962. The number of ether oxygens (including phenoxy) is 2. The molecule has 6 heteroatoms. The summed E-state index contributed by atoms with van der Waals surface area (Å²) in [6.07, 6.45) is 2.10. The van der Waals surface area contributed by atoms with Crippen molar-refractivity contribution in [2.45, 2.75) is 33.2 Å². The maximum absolute atomic E-state index is 11.1. The third-order valence-corrected chi connectivity index (χ3v) is 2.93. The van der Waals surface area contributed by atoms with Crippen LogP contribution in [0.2, 0.25) is 0 Å². The van der Waals surface area contributed by atoms with E-state index in [2.05, 4.69) is 12.2 Å². The van der Waals surface area contributed by atoms with Crippen molar-refractivity contribution in [2.24, 2.45) is 0 Å². The lowest BCUT2D eigenvalue weighted by atomic mass is 10.2. The van der Waals surface area contributed by atoms with Gasteiger partial charge in [0.15, 0.2) is 5.75 Å². The highest BCUT2D eigenvalue weighted by atomic mass is 16.6. The molecule has 1 rings (SSSR count). The fraction of sp³-hybridized carbons (Fsp3) is 0.600. The first-order chi connectivity index (χ1) is 10.2. The molecule has 0 atom stereocenters. The van der Waals surface area contributed by atoms with E-state index in [-0.39, 0.29) is 5.69 Å². The van der Waals surface area contributed by atoms with Crippen LogP contribution in [0.1, 0.15) is 32.3 Å². The van der Waals surface area contributed by atoms with Gasteiger partial charge < -0.3 is 14.8 Å². The summed E-state index contributed by atoms with van der Waals surface area (Å²) < 4.78 is 10.8. The second-order valence-corrected chi connectivity index (χ2v) is 4.65. The summed E-state index contributed by atoms with van der Waals surface area (Å²) in [5, 5.41) is 14.2. The van der Waals surface area contributed by atoms with Gasteiger partial charge in [0.2, 0.25) is 0 Å². The molecule has 21 heavy (non-hydrogen) atoms. The molecule has 0 aromatic heterocycles. The molecule has 0 aliphatic rings. The minimum Gasteiger partial charge on any atom is -0.484 e. The molecule has 6 nitrogen and oxygen atoms in total. The summed E-state index contributed by atoms with van der Waals surface area (Å²) in [6, 6.07) is 5.04. The normalized spacial score (nSPS) is 10.6. The van der Waals surface area contributed by atoms with Gasteiger partial charge in [-0.2, -0.15) is 0 Å². The average Bonchev–Trinajstić information content (AvgIpc) is 2.49. The van der Waals surface area contributed by atoms with Crippen LogP contribution in [0.3, 0.4) is 0 Å². The highest BCUT2D eigenvalue weighted by Crippen LogP contribution is 2.27. The fourth-order valence-electron chi connectivity index (χ4n) is 1.77. The van der Waals surface area contributed by atoms with E-state index in [0.29, 0.717) is 32.1 Å². The highest BCUT2D eigenvalue weighted by Gasteiger charge is 2.15. The second kappa shape index (κ2) is 10.1. The molecule has 0 bridgehead atoms. The van der Waals surface area contributed by atoms with Gasteiger partial charge in [-0.1, -0.05) is 26.3 Å². The van der Waals surface area contributed by atoms with Gasteiger partial charge in [-0.25, -0.2) is 0 Å². The largest absolute Gasteiger partial charge is 0.484 e. The summed E-state index contributed by atoms with van der Waals surface area (Å²) in [7, 11) is 0. The number of rotatable bonds is 11. The van der Waals surface area contributed by atoms with Crippen molar-refractivity contribution < 1.29 is 14.4 Å². The molecule has 1 N–H and O–H groups in total. The van der Waals surface area contributed by atoms with E-state index in [9.17, 15) is 10.1 Å². The van der Waals surface area contributed by atoms with Gasteiger partial charge in [-0.3, -0.25) is 10.1 Å². The molecular weight excluding hydrogens is 272 g/mol. The summed E-state index contributed by atoms with van der Waals surface area (Å²) >= 11 is 0. The van der Waals surface area contributed by atoms with E-state index in [1.807, 2.05) is 13.0 Å². The number of hydrogen-bond donors (Lipinski definition) is 1. The van der Waals surface area contributed by atoms with Crippen molar-refractivity contribution >= 4 is 5.69 Å². The van der Waals surface area contributed by atoms with Crippen molar-refractivity contribution in [2.75, 3.05) is 26.4 Å². The fourth-order valence-corrected chi connectivity index (χ4v) is 1.77. The van der Waals surface area contributed by atoms with Gasteiger partial charge in [0, 0.05) is 19.2 Å². The Hall–Kier alpha value is -1.66. The molecular formula is C15H24N2O4. The molecule has 0 radical (unpaired) electrons. The van der Waals surface area contributed by atoms with Gasteiger partial charge in [0.25, 0.3) is 0 Å². The first-order valence-corrected chi connectivity index (χ1v) is 7.37. The Morgan fingerprint density at radius 2 is 2.05 bits per heavy atom. The Kier molecular flexibility index (Phi) is 8.38. The Labute approximate surface area is 125 Å². The van der Waals surface area contributed by atoms with Crippen molar-refractivity contribution in [3.05, 3.63) is 33.9 Å². The molecule has 0 heterocycles. The average molecular weight is 296 g/mol. The van der Waals surface area contributed by atoms with E-state index in [1.54, 1.807) is 12.1 Å². The Morgan fingerprint density at radius 3 is 2.71 bits per heavy atom. The number of nitro groups is 1. The van der Waals surface area contributed by atoms with E-state index in [0.717, 1.165) is 24.9 Å². The van der Waals surface area contributed by atoms with Crippen LogP contribution in [0.25, 0.3) is 0 Å². The Balaban J connectivity index is 2.54. The molecule has 0 spiro atoms. The third kappa shape index (κ3) is 6.55. The Morgan fingerprint density at radius 1 is 1.24 bits per heavy atom. The Bertz CT molecular complexity index is 438. The number of nitrogens with one attached hydrogen (secondary N) is 1. The van der Waals surface area contributed by atoms with E-state index in [1.165, 1.54) is 0 Å². The highest BCUT2D eigenvalue weighted by molar-refractivity contribution is 5.48. The maximum atomic E-state index is 11.1. The van der Waals surface area contributed by atoms with Gasteiger partial charge in [-0.05, 0) is 24.6 Å². The molecule has 0 unspecified atom stereocenters. The topological polar surface area (TPSA) is 73.6 Å². The van der Waals surface area contributed by atoms with Crippen LogP contribution >= 0.6 is 0 Å². The summed E-state index contributed by atoms with van der Waals surface area (Å²) in [5.41, 5.74) is 0.869. The van der Waals surface area contributed by atoms with Gasteiger partial charge >= 0.3 is 5.69 Å². The predicted molar refractivity (Wildman–Crippen MR) is 81.7 cm³/mol. The molecule has 0 saturated heterocycles. The van der Waals surface area contributed by atoms with Crippen molar-refractivity contribution in [3.8, 4) is 5.75 Å². The summed E-state index contributed by atoms with van der Waals surface area (Å²) in [4.78, 5) is 10.7. The minimum atomic E-state index is -0.414. The summed E-state index contributed by atoms with van der Waals surface area (Å²) in [5.74, 6) is 0.291. The van der Waals surface area contributed by atoms with Crippen LogP contribution in [-0.4, -0.2) is 31.3 Å². The van der Waals surface area contributed by atoms with Crippen LogP contribution in [0.15, 0.2) is 18.2 Å². The molecule has 1 aromatic rings. The summed E-state index contributed by atoms with van der Waals surface area (Å²) in [6.45, 7) is 6.97. The molecule has 0 aliphatic carbocycles. The lowest BCUT2D eigenvalue weighted by molar-refractivity contribution is -0.386. The lowest BCUT2D eigenvalue weighted by Crippen LogP contribution is -2.12. The monoisotopic (exact) mass is 296 g/mol. The maximum Gasteiger partial charge on any atom is 0.311 e. The number of hydrogen-bond acceptors (Lipinski definition) is 5. The molecule has 1 aromatic carbocycles. The number of benzene rings is 1. The van der Waals surface area contributed by atoms with Crippen LogP contribution in [-0.2, 0) is 11.3 Å².